The smallest absolute Gasteiger partial charge is 0.133 e. The van der Waals surface area contributed by atoms with Gasteiger partial charge in [0.05, 0.1) is 30.8 Å². The molecule has 0 saturated carbocycles. The second-order valence-corrected chi connectivity index (χ2v) is 5.75. The van der Waals surface area contributed by atoms with Gasteiger partial charge < -0.3 is 15.2 Å². The van der Waals surface area contributed by atoms with Crippen molar-refractivity contribution in [2.45, 2.75) is 19.3 Å². The molecule has 2 aromatic rings. The maximum absolute atomic E-state index is 6.37. The van der Waals surface area contributed by atoms with Crippen LogP contribution in [0.25, 0.3) is 0 Å². The summed E-state index contributed by atoms with van der Waals surface area (Å²) in [4.78, 5) is 0. The Bertz CT molecular complexity index is 642. The van der Waals surface area contributed by atoms with E-state index < -0.39 is 0 Å². The van der Waals surface area contributed by atoms with E-state index in [1.807, 2.05) is 18.2 Å². The Labute approximate surface area is 126 Å². The number of fused-ring (bicyclic) bond motifs is 1. The van der Waals surface area contributed by atoms with Gasteiger partial charge in [0.1, 0.15) is 5.75 Å². The van der Waals surface area contributed by atoms with E-state index in [1.165, 1.54) is 11.1 Å². The molecule has 2 N–H and O–H groups in total. The van der Waals surface area contributed by atoms with Crippen molar-refractivity contribution in [3.8, 4) is 5.75 Å². The Hall–Kier alpha value is -1.36. The van der Waals surface area contributed by atoms with Gasteiger partial charge in [0, 0.05) is 0 Å². The Morgan fingerprint density at radius 3 is 2.55 bits per heavy atom. The molecule has 1 heterocycles. The van der Waals surface area contributed by atoms with Crippen LogP contribution in [0.4, 0.5) is 0 Å². The lowest BCUT2D eigenvalue weighted by Crippen LogP contribution is -2.12. The highest BCUT2D eigenvalue weighted by atomic mass is 79.9. The lowest BCUT2D eigenvalue weighted by Gasteiger charge is -2.15. The molecular weight excluding hydrogens is 318 g/mol. The standard InChI is InChI=1S/C16H16BrNO2/c1-19-15-5-4-11(7-14(15)17)16(18)10-2-3-12-8-20-9-13(12)6-10/h2-7,16H,8-9,18H2,1H3. The van der Waals surface area contributed by atoms with Gasteiger partial charge in [0.2, 0.25) is 0 Å². The topological polar surface area (TPSA) is 44.5 Å². The molecule has 1 aliphatic heterocycles. The van der Waals surface area contributed by atoms with Crippen LogP contribution in [-0.4, -0.2) is 7.11 Å². The minimum Gasteiger partial charge on any atom is -0.496 e. The summed E-state index contributed by atoms with van der Waals surface area (Å²) in [6, 6.07) is 12.1. The molecule has 0 fully saturated rings. The Morgan fingerprint density at radius 2 is 1.80 bits per heavy atom. The van der Waals surface area contributed by atoms with Gasteiger partial charge in [-0.25, -0.2) is 0 Å². The first-order chi connectivity index (χ1) is 9.69. The molecule has 1 aliphatic rings. The summed E-state index contributed by atoms with van der Waals surface area (Å²) in [5.74, 6) is 0.809. The summed E-state index contributed by atoms with van der Waals surface area (Å²) in [5, 5.41) is 0. The third kappa shape index (κ3) is 2.46. The summed E-state index contributed by atoms with van der Waals surface area (Å²) in [6.07, 6.45) is 0. The fourth-order valence-corrected chi connectivity index (χ4v) is 3.01. The number of ether oxygens (including phenoxy) is 2. The van der Waals surface area contributed by atoms with Crippen LogP contribution >= 0.6 is 15.9 Å². The van der Waals surface area contributed by atoms with E-state index in [1.54, 1.807) is 7.11 Å². The molecule has 3 nitrogen and oxygen atoms in total. The zero-order valence-corrected chi connectivity index (χ0v) is 12.8. The predicted octanol–water partition coefficient (Wildman–Crippen LogP) is 3.54. The Balaban J connectivity index is 1.92. The van der Waals surface area contributed by atoms with Gasteiger partial charge >= 0.3 is 0 Å². The number of nitrogens with two attached hydrogens (primary N) is 1. The second kappa shape index (κ2) is 5.56. The van der Waals surface area contributed by atoms with Crippen molar-refractivity contribution in [1.82, 2.24) is 0 Å². The Morgan fingerprint density at radius 1 is 1.10 bits per heavy atom. The van der Waals surface area contributed by atoms with Crippen molar-refractivity contribution in [2.24, 2.45) is 5.73 Å². The molecule has 1 atom stereocenters. The number of benzene rings is 2. The largest absolute Gasteiger partial charge is 0.496 e. The van der Waals surface area contributed by atoms with Gasteiger partial charge in [-0.15, -0.1) is 0 Å². The average molecular weight is 334 g/mol. The van der Waals surface area contributed by atoms with Crippen LogP contribution in [-0.2, 0) is 18.0 Å². The molecule has 2 aromatic carbocycles. The van der Waals surface area contributed by atoms with Gasteiger partial charge in [-0.2, -0.15) is 0 Å². The molecular formula is C16H16BrNO2. The zero-order chi connectivity index (χ0) is 14.1. The SMILES string of the molecule is COc1ccc(C(N)c2ccc3c(c2)COC3)cc1Br. The molecule has 0 aromatic heterocycles. The van der Waals surface area contributed by atoms with E-state index in [9.17, 15) is 0 Å². The van der Waals surface area contributed by atoms with E-state index in [-0.39, 0.29) is 6.04 Å². The highest BCUT2D eigenvalue weighted by Gasteiger charge is 2.16. The molecule has 1 unspecified atom stereocenters. The lowest BCUT2D eigenvalue weighted by atomic mass is 9.96. The molecule has 0 bridgehead atoms. The van der Waals surface area contributed by atoms with E-state index in [0.717, 1.165) is 21.3 Å². The minimum absolute atomic E-state index is 0.150. The first-order valence-corrected chi connectivity index (χ1v) is 7.27. The van der Waals surface area contributed by atoms with E-state index in [2.05, 4.69) is 34.1 Å². The predicted molar refractivity (Wildman–Crippen MR) is 81.7 cm³/mol. The van der Waals surface area contributed by atoms with Crippen LogP contribution in [0.3, 0.4) is 0 Å². The summed E-state index contributed by atoms with van der Waals surface area (Å²) in [5.41, 5.74) is 11.0. The fourth-order valence-electron chi connectivity index (χ4n) is 2.45. The van der Waals surface area contributed by atoms with Crippen molar-refractivity contribution < 1.29 is 9.47 Å². The van der Waals surface area contributed by atoms with Crippen molar-refractivity contribution >= 4 is 15.9 Å². The van der Waals surface area contributed by atoms with E-state index in [4.69, 9.17) is 15.2 Å². The molecule has 20 heavy (non-hydrogen) atoms. The maximum Gasteiger partial charge on any atom is 0.133 e. The number of methoxy groups -OCH3 is 1. The average Bonchev–Trinajstić information content (AvgIpc) is 2.93. The normalized spacial score (nSPS) is 14.9. The second-order valence-electron chi connectivity index (χ2n) is 4.89. The van der Waals surface area contributed by atoms with Gasteiger partial charge in [-0.05, 0) is 50.3 Å². The van der Waals surface area contributed by atoms with Crippen LogP contribution in [0.5, 0.6) is 5.75 Å². The number of rotatable bonds is 3. The van der Waals surface area contributed by atoms with E-state index in [0.29, 0.717) is 13.2 Å². The van der Waals surface area contributed by atoms with Gasteiger partial charge in [0.25, 0.3) is 0 Å². The Kier molecular flexibility index (Phi) is 3.78. The molecule has 3 rings (SSSR count). The van der Waals surface area contributed by atoms with Crippen LogP contribution < -0.4 is 10.5 Å². The first-order valence-electron chi connectivity index (χ1n) is 6.47. The molecule has 104 valence electrons. The molecule has 0 amide bonds. The quantitative estimate of drug-likeness (QED) is 0.934. The zero-order valence-electron chi connectivity index (χ0n) is 11.2. The first kappa shape index (κ1) is 13.6. The number of hydrogen-bond acceptors (Lipinski definition) is 3. The molecule has 0 aliphatic carbocycles. The highest BCUT2D eigenvalue weighted by molar-refractivity contribution is 9.10. The number of hydrogen-bond donors (Lipinski definition) is 1. The molecule has 0 spiro atoms. The van der Waals surface area contributed by atoms with Crippen molar-refractivity contribution in [3.05, 3.63) is 63.1 Å². The minimum atomic E-state index is -0.150. The third-order valence-electron chi connectivity index (χ3n) is 3.64. The summed E-state index contributed by atoms with van der Waals surface area (Å²) in [7, 11) is 1.65. The number of halogens is 1. The third-order valence-corrected chi connectivity index (χ3v) is 4.26. The van der Waals surface area contributed by atoms with Crippen molar-refractivity contribution in [2.75, 3.05) is 7.11 Å². The van der Waals surface area contributed by atoms with Crippen LogP contribution in [0.1, 0.15) is 28.3 Å². The van der Waals surface area contributed by atoms with Crippen molar-refractivity contribution in [3.63, 3.8) is 0 Å². The fraction of sp³-hybridized carbons (Fsp3) is 0.250. The summed E-state index contributed by atoms with van der Waals surface area (Å²) in [6.45, 7) is 1.39. The molecule has 4 heteroatoms. The summed E-state index contributed by atoms with van der Waals surface area (Å²) < 4.78 is 11.6. The maximum atomic E-state index is 6.37. The monoisotopic (exact) mass is 333 g/mol. The van der Waals surface area contributed by atoms with Gasteiger partial charge in [-0.1, -0.05) is 24.3 Å². The lowest BCUT2D eigenvalue weighted by molar-refractivity contribution is 0.134. The van der Waals surface area contributed by atoms with Crippen molar-refractivity contribution in [1.29, 1.82) is 0 Å². The molecule has 0 saturated heterocycles. The van der Waals surface area contributed by atoms with Gasteiger partial charge in [-0.3, -0.25) is 0 Å². The van der Waals surface area contributed by atoms with Crippen LogP contribution in [0, 0.1) is 0 Å². The summed E-state index contributed by atoms with van der Waals surface area (Å²) >= 11 is 3.50. The molecule has 0 radical (unpaired) electrons. The van der Waals surface area contributed by atoms with Crippen LogP contribution in [0.15, 0.2) is 40.9 Å². The highest BCUT2D eigenvalue weighted by Crippen LogP contribution is 2.31. The van der Waals surface area contributed by atoms with Gasteiger partial charge in [0.15, 0.2) is 0 Å². The van der Waals surface area contributed by atoms with E-state index >= 15 is 0 Å². The van der Waals surface area contributed by atoms with Crippen LogP contribution in [0.2, 0.25) is 0 Å².